The van der Waals surface area contributed by atoms with E-state index in [1.54, 1.807) is 49.9 Å². The van der Waals surface area contributed by atoms with Gasteiger partial charge in [0.1, 0.15) is 21.9 Å². The van der Waals surface area contributed by atoms with Gasteiger partial charge in [0.25, 0.3) is 0 Å². The Hall–Kier alpha value is -4.60. The molecule has 1 atom stereocenters. The molecule has 0 aliphatic carbocycles. The fourth-order valence-electron chi connectivity index (χ4n) is 4.28. The number of hydrogen-bond donors (Lipinski definition) is 3. The minimum atomic E-state index is -1.23. The molecule has 12 heteroatoms. The molecule has 0 spiro atoms. The molecule has 2 aromatic carbocycles. The van der Waals surface area contributed by atoms with Crippen LogP contribution in [0.5, 0.6) is 0 Å². The van der Waals surface area contributed by atoms with Gasteiger partial charge in [-0.25, -0.2) is 9.59 Å². The first kappa shape index (κ1) is 31.3. The van der Waals surface area contributed by atoms with E-state index in [-0.39, 0.29) is 12.5 Å². The number of carboxylic acid groups (broad SMARTS) is 1. The minimum absolute atomic E-state index is 0.288. The van der Waals surface area contributed by atoms with Crippen molar-refractivity contribution in [2.75, 3.05) is 17.2 Å². The number of nitrogens with zero attached hydrogens (tertiary/aromatic N) is 2. The third-order valence-corrected chi connectivity index (χ3v) is 8.51. The molecule has 43 heavy (non-hydrogen) atoms. The molecule has 4 rings (SSSR count). The van der Waals surface area contributed by atoms with Gasteiger partial charge in [-0.2, -0.15) is 5.26 Å². The molecular formula is C31H30N4O6S2. The van der Waals surface area contributed by atoms with Gasteiger partial charge in [0.15, 0.2) is 0 Å². The number of nitriles is 1. The van der Waals surface area contributed by atoms with Crippen LogP contribution in [-0.2, 0) is 32.1 Å². The van der Waals surface area contributed by atoms with Crippen molar-refractivity contribution < 1.29 is 29.0 Å². The number of nitrogens with one attached hydrogen (secondary N) is 2. The molecule has 1 aliphatic rings. The quantitative estimate of drug-likeness (QED) is 0.207. The Morgan fingerprint density at radius 1 is 1.09 bits per heavy atom. The zero-order chi connectivity index (χ0) is 31.1. The first-order chi connectivity index (χ1) is 20.4. The summed E-state index contributed by atoms with van der Waals surface area (Å²) in [6, 6.07) is 18.3. The molecule has 0 saturated heterocycles. The van der Waals surface area contributed by atoms with Gasteiger partial charge in [0.2, 0.25) is 11.8 Å². The van der Waals surface area contributed by atoms with Crippen molar-refractivity contribution in [3.8, 4) is 6.07 Å². The largest absolute Gasteiger partial charge is 0.478 e. The average Bonchev–Trinajstić information content (AvgIpc) is 3.30. The van der Waals surface area contributed by atoms with Crippen molar-refractivity contribution in [2.24, 2.45) is 0 Å². The second-order valence-corrected chi connectivity index (χ2v) is 12.8. The average molecular weight is 619 g/mol. The zero-order valence-corrected chi connectivity index (χ0v) is 25.4. The molecule has 0 radical (unpaired) electrons. The SMILES string of the molecule is CC(C)(C)OC(=O)N1CCc2c(sc(NC(=O)C(Sc3cccc(NC(=O)/C=C/C(=O)O)c3)c3ccccc3)c2C#N)C1. The normalized spacial score (nSPS) is 13.5. The summed E-state index contributed by atoms with van der Waals surface area (Å²) in [6.45, 7) is 6.11. The topological polar surface area (TPSA) is 149 Å². The van der Waals surface area contributed by atoms with Crippen molar-refractivity contribution in [2.45, 2.75) is 49.5 Å². The molecule has 1 aromatic heterocycles. The van der Waals surface area contributed by atoms with Gasteiger partial charge in [0.05, 0.1) is 12.1 Å². The number of fused-ring (bicyclic) bond motifs is 1. The molecule has 222 valence electrons. The lowest BCUT2D eigenvalue weighted by Crippen LogP contribution is -2.39. The van der Waals surface area contributed by atoms with Crippen LogP contribution in [0.1, 0.15) is 47.6 Å². The summed E-state index contributed by atoms with van der Waals surface area (Å²) in [4.78, 5) is 52.3. The third kappa shape index (κ3) is 8.47. The van der Waals surface area contributed by atoms with E-state index in [0.717, 1.165) is 28.2 Å². The highest BCUT2D eigenvalue weighted by atomic mass is 32.2. The summed E-state index contributed by atoms with van der Waals surface area (Å²) in [6.07, 6.45) is 1.72. The van der Waals surface area contributed by atoms with E-state index in [9.17, 15) is 24.4 Å². The van der Waals surface area contributed by atoms with Crippen LogP contribution in [0.2, 0.25) is 0 Å². The molecule has 10 nitrogen and oxygen atoms in total. The maximum Gasteiger partial charge on any atom is 0.410 e. The van der Waals surface area contributed by atoms with E-state index in [2.05, 4.69) is 16.7 Å². The van der Waals surface area contributed by atoms with Crippen LogP contribution >= 0.6 is 23.1 Å². The maximum atomic E-state index is 13.8. The van der Waals surface area contributed by atoms with Gasteiger partial charge in [-0.05, 0) is 56.5 Å². The Balaban J connectivity index is 1.55. The van der Waals surface area contributed by atoms with E-state index in [1.165, 1.54) is 23.1 Å². The van der Waals surface area contributed by atoms with Gasteiger partial charge in [-0.3, -0.25) is 9.59 Å². The van der Waals surface area contributed by atoms with Crippen LogP contribution in [0.25, 0.3) is 0 Å². The summed E-state index contributed by atoms with van der Waals surface area (Å²) in [5.41, 5.74) is 1.76. The third-order valence-electron chi connectivity index (χ3n) is 6.13. The number of amides is 3. The summed E-state index contributed by atoms with van der Waals surface area (Å²) in [7, 11) is 0. The Labute approximate surface area is 257 Å². The first-order valence-corrected chi connectivity index (χ1v) is 15.0. The number of rotatable bonds is 8. The van der Waals surface area contributed by atoms with Crippen LogP contribution in [0.15, 0.2) is 71.6 Å². The maximum absolute atomic E-state index is 13.8. The summed E-state index contributed by atoms with van der Waals surface area (Å²) in [5.74, 6) is -2.17. The van der Waals surface area contributed by atoms with Crippen LogP contribution in [0.3, 0.4) is 0 Å². The molecule has 1 unspecified atom stereocenters. The second-order valence-electron chi connectivity index (χ2n) is 10.6. The number of benzene rings is 2. The van der Waals surface area contributed by atoms with Crippen molar-refractivity contribution in [1.29, 1.82) is 5.26 Å². The van der Waals surface area contributed by atoms with Crippen LogP contribution in [0, 0.1) is 11.3 Å². The van der Waals surface area contributed by atoms with E-state index in [0.29, 0.717) is 34.1 Å². The number of aliphatic carboxylic acids is 1. The molecular weight excluding hydrogens is 588 g/mol. The van der Waals surface area contributed by atoms with Gasteiger partial charge < -0.3 is 25.4 Å². The van der Waals surface area contributed by atoms with Crippen molar-refractivity contribution in [3.05, 3.63) is 88.3 Å². The molecule has 3 aromatic rings. The highest BCUT2D eigenvalue weighted by Crippen LogP contribution is 2.41. The highest BCUT2D eigenvalue weighted by Gasteiger charge is 2.31. The van der Waals surface area contributed by atoms with Crippen LogP contribution < -0.4 is 10.6 Å². The van der Waals surface area contributed by atoms with E-state index in [1.807, 2.05) is 30.3 Å². The summed E-state index contributed by atoms with van der Waals surface area (Å²) in [5, 5.41) is 24.0. The number of hydrogen-bond acceptors (Lipinski definition) is 8. The summed E-state index contributed by atoms with van der Waals surface area (Å²) < 4.78 is 5.51. The molecule has 2 heterocycles. The molecule has 3 N–H and O–H groups in total. The monoisotopic (exact) mass is 618 g/mol. The number of carbonyl (C=O) groups is 4. The molecule has 1 aliphatic heterocycles. The predicted molar refractivity (Wildman–Crippen MR) is 165 cm³/mol. The fraction of sp³-hybridized carbons (Fsp3) is 0.258. The number of ether oxygens (including phenoxy) is 1. The second kappa shape index (κ2) is 13.6. The van der Waals surface area contributed by atoms with Gasteiger partial charge >= 0.3 is 12.1 Å². The predicted octanol–water partition coefficient (Wildman–Crippen LogP) is 5.96. The molecule has 0 bridgehead atoms. The lowest BCUT2D eigenvalue weighted by molar-refractivity contribution is -0.131. The number of thiophene rings is 1. The minimum Gasteiger partial charge on any atom is -0.478 e. The standard InChI is InChI=1S/C31H30N4O6S2/c1-31(2,3)41-30(40)35-15-14-22-23(17-32)29(43-24(22)18-35)34-28(39)27(19-8-5-4-6-9-19)42-21-11-7-10-20(16-21)33-25(36)12-13-26(37)38/h4-13,16,27H,14-15,18H2,1-3H3,(H,33,36)(H,34,39)(H,37,38)/b13-12+. The molecule has 3 amide bonds. The number of anilines is 2. The number of carboxylic acids is 1. The summed E-state index contributed by atoms with van der Waals surface area (Å²) >= 11 is 2.54. The Morgan fingerprint density at radius 3 is 2.51 bits per heavy atom. The first-order valence-electron chi connectivity index (χ1n) is 13.3. The Morgan fingerprint density at radius 2 is 1.84 bits per heavy atom. The van der Waals surface area contributed by atoms with Gasteiger partial charge in [-0.1, -0.05) is 36.4 Å². The van der Waals surface area contributed by atoms with E-state index in [4.69, 9.17) is 9.84 Å². The van der Waals surface area contributed by atoms with Crippen molar-refractivity contribution in [1.82, 2.24) is 4.90 Å². The van der Waals surface area contributed by atoms with Crippen LogP contribution in [-0.4, -0.2) is 46.0 Å². The van der Waals surface area contributed by atoms with E-state index >= 15 is 0 Å². The van der Waals surface area contributed by atoms with Crippen LogP contribution in [0.4, 0.5) is 15.5 Å². The smallest absolute Gasteiger partial charge is 0.410 e. The molecule has 0 saturated carbocycles. The Bertz CT molecular complexity index is 1600. The fourth-order valence-corrected chi connectivity index (χ4v) is 6.58. The van der Waals surface area contributed by atoms with Crippen molar-refractivity contribution in [3.63, 3.8) is 0 Å². The Kier molecular flexibility index (Phi) is 9.90. The molecule has 0 fully saturated rings. The van der Waals surface area contributed by atoms with Crippen molar-refractivity contribution >= 4 is 57.7 Å². The highest BCUT2D eigenvalue weighted by molar-refractivity contribution is 8.00. The lowest BCUT2D eigenvalue weighted by atomic mass is 10.0. The number of carbonyl (C=O) groups excluding carboxylic acids is 3. The van der Waals surface area contributed by atoms with Gasteiger partial charge in [0, 0.05) is 34.2 Å². The van der Waals surface area contributed by atoms with E-state index < -0.39 is 28.8 Å². The number of thioether (sulfide) groups is 1. The zero-order valence-electron chi connectivity index (χ0n) is 23.7. The van der Waals surface area contributed by atoms with Gasteiger partial charge in [-0.15, -0.1) is 23.1 Å². The lowest BCUT2D eigenvalue weighted by Gasteiger charge is -2.29.